The molecule has 0 bridgehead atoms. The molecule has 0 fully saturated rings. The molecule has 0 aliphatic carbocycles. The Kier molecular flexibility index (Phi) is 1.76. The average molecular weight is 142 g/mol. The molecule has 1 unspecified atom stereocenters. The third-order valence-electron chi connectivity index (χ3n) is 1.68. The molecule has 0 saturated heterocycles. The van der Waals surface area contributed by atoms with Gasteiger partial charge in [0.1, 0.15) is 6.61 Å². The van der Waals surface area contributed by atoms with Crippen LogP contribution in [0.2, 0.25) is 0 Å². The summed E-state index contributed by atoms with van der Waals surface area (Å²) < 4.78 is 4.80. The Bertz CT molecular complexity index is 174. The fourth-order valence-electron chi connectivity index (χ4n) is 0.798. The van der Waals surface area contributed by atoms with Gasteiger partial charge in [0.25, 0.3) is 0 Å². The Labute approximate surface area is 59.3 Å². The zero-order chi connectivity index (χ0) is 7.61. The van der Waals surface area contributed by atoms with Crippen LogP contribution in [-0.2, 0) is 9.53 Å². The summed E-state index contributed by atoms with van der Waals surface area (Å²) in [5.41, 5.74) is -1.27. The lowest BCUT2D eigenvalue weighted by molar-refractivity contribution is -0.139. The van der Waals surface area contributed by atoms with Gasteiger partial charge in [-0.05, 0) is 6.42 Å². The molecule has 0 aromatic rings. The van der Waals surface area contributed by atoms with Gasteiger partial charge >= 0.3 is 0 Å². The van der Waals surface area contributed by atoms with Crippen LogP contribution in [0.25, 0.3) is 0 Å². The number of carbonyl (C=O) groups is 1. The fourth-order valence-corrected chi connectivity index (χ4v) is 0.798. The van der Waals surface area contributed by atoms with Crippen molar-refractivity contribution >= 4 is 5.78 Å². The van der Waals surface area contributed by atoms with Crippen LogP contribution in [0, 0.1) is 0 Å². The normalized spacial score (nSPS) is 32.0. The minimum atomic E-state index is -1.27. The van der Waals surface area contributed by atoms with Crippen molar-refractivity contribution in [1.82, 2.24) is 0 Å². The molecule has 1 rings (SSSR count). The molecule has 0 saturated carbocycles. The van der Waals surface area contributed by atoms with Gasteiger partial charge in [-0.15, -0.1) is 0 Å². The molecule has 0 amide bonds. The Morgan fingerprint density at radius 1 is 1.90 bits per heavy atom. The summed E-state index contributed by atoms with van der Waals surface area (Å²) >= 11 is 0. The molecule has 0 radical (unpaired) electrons. The zero-order valence-corrected chi connectivity index (χ0v) is 5.83. The van der Waals surface area contributed by atoms with Crippen LogP contribution < -0.4 is 0 Å². The highest BCUT2D eigenvalue weighted by atomic mass is 16.5. The summed E-state index contributed by atoms with van der Waals surface area (Å²) in [5.74, 6) is -0.263. The first kappa shape index (κ1) is 7.28. The molecule has 0 spiro atoms. The average Bonchev–Trinajstić information content (AvgIpc) is 1.96. The topological polar surface area (TPSA) is 46.5 Å². The number of ketones is 1. The highest BCUT2D eigenvalue weighted by molar-refractivity contribution is 5.97. The van der Waals surface area contributed by atoms with Crippen LogP contribution in [0.3, 0.4) is 0 Å². The lowest BCUT2D eigenvalue weighted by Crippen LogP contribution is -2.43. The summed E-state index contributed by atoms with van der Waals surface area (Å²) in [6, 6.07) is 0. The maximum absolute atomic E-state index is 10.9. The van der Waals surface area contributed by atoms with Crippen LogP contribution in [0.4, 0.5) is 0 Å². The molecule has 10 heavy (non-hydrogen) atoms. The zero-order valence-electron chi connectivity index (χ0n) is 5.83. The van der Waals surface area contributed by atoms with Crippen LogP contribution in [-0.4, -0.2) is 23.1 Å². The van der Waals surface area contributed by atoms with Gasteiger partial charge in [0.15, 0.2) is 11.4 Å². The molecule has 1 aliphatic rings. The number of hydrogen-bond acceptors (Lipinski definition) is 3. The third kappa shape index (κ3) is 1.04. The van der Waals surface area contributed by atoms with Crippen molar-refractivity contribution in [3.8, 4) is 0 Å². The molecular formula is C7H10O3. The van der Waals surface area contributed by atoms with E-state index in [0.29, 0.717) is 6.42 Å². The number of ether oxygens (including phenoxy) is 1. The number of hydrogen-bond donors (Lipinski definition) is 1. The molecule has 1 N–H and O–H groups in total. The smallest absolute Gasteiger partial charge is 0.193 e. The van der Waals surface area contributed by atoms with Gasteiger partial charge in [-0.3, -0.25) is 4.79 Å². The predicted molar refractivity (Wildman–Crippen MR) is 35.3 cm³/mol. The van der Waals surface area contributed by atoms with Gasteiger partial charge in [-0.1, -0.05) is 6.92 Å². The van der Waals surface area contributed by atoms with Gasteiger partial charge in [0.2, 0.25) is 0 Å². The van der Waals surface area contributed by atoms with Gasteiger partial charge in [0.05, 0.1) is 6.26 Å². The molecule has 1 atom stereocenters. The maximum atomic E-state index is 10.9. The minimum absolute atomic E-state index is 0.0822. The summed E-state index contributed by atoms with van der Waals surface area (Å²) in [7, 11) is 0. The molecule has 1 aliphatic heterocycles. The molecular weight excluding hydrogens is 132 g/mol. The quantitative estimate of drug-likeness (QED) is 0.570. The van der Waals surface area contributed by atoms with Gasteiger partial charge < -0.3 is 9.84 Å². The van der Waals surface area contributed by atoms with E-state index < -0.39 is 5.60 Å². The van der Waals surface area contributed by atoms with E-state index in [1.165, 1.54) is 12.3 Å². The molecule has 56 valence electrons. The van der Waals surface area contributed by atoms with Crippen molar-refractivity contribution in [2.45, 2.75) is 18.9 Å². The first-order chi connectivity index (χ1) is 4.69. The standard InChI is InChI=1S/C7H10O3/c1-2-7(9)5-10-4-3-6(7)8/h3-4,9H,2,5H2,1H3. The van der Waals surface area contributed by atoms with Crippen molar-refractivity contribution in [2.24, 2.45) is 0 Å². The van der Waals surface area contributed by atoms with Crippen molar-refractivity contribution in [2.75, 3.05) is 6.61 Å². The van der Waals surface area contributed by atoms with Gasteiger partial charge in [0, 0.05) is 6.08 Å². The second-order valence-electron chi connectivity index (χ2n) is 2.36. The van der Waals surface area contributed by atoms with Crippen molar-refractivity contribution < 1.29 is 14.6 Å². The van der Waals surface area contributed by atoms with Crippen LogP contribution in [0.1, 0.15) is 13.3 Å². The van der Waals surface area contributed by atoms with E-state index in [1.807, 2.05) is 0 Å². The summed E-state index contributed by atoms with van der Waals surface area (Å²) in [6.45, 7) is 1.83. The van der Waals surface area contributed by atoms with E-state index in [-0.39, 0.29) is 12.4 Å². The Morgan fingerprint density at radius 2 is 2.60 bits per heavy atom. The van der Waals surface area contributed by atoms with E-state index in [1.54, 1.807) is 6.92 Å². The third-order valence-corrected chi connectivity index (χ3v) is 1.68. The lowest BCUT2D eigenvalue weighted by Gasteiger charge is -2.25. The molecule has 3 nitrogen and oxygen atoms in total. The number of aliphatic hydroxyl groups is 1. The Morgan fingerprint density at radius 3 is 3.00 bits per heavy atom. The van der Waals surface area contributed by atoms with E-state index in [2.05, 4.69) is 0 Å². The highest BCUT2D eigenvalue weighted by Crippen LogP contribution is 2.16. The number of rotatable bonds is 1. The summed E-state index contributed by atoms with van der Waals surface area (Å²) in [6.07, 6.45) is 2.97. The van der Waals surface area contributed by atoms with Crippen molar-refractivity contribution in [3.05, 3.63) is 12.3 Å². The van der Waals surface area contributed by atoms with Crippen molar-refractivity contribution in [3.63, 3.8) is 0 Å². The second-order valence-corrected chi connectivity index (χ2v) is 2.36. The molecule has 3 heteroatoms. The lowest BCUT2D eigenvalue weighted by atomic mass is 9.95. The summed E-state index contributed by atoms with van der Waals surface area (Å²) in [5, 5.41) is 9.42. The van der Waals surface area contributed by atoms with Crippen LogP contribution >= 0.6 is 0 Å². The maximum Gasteiger partial charge on any atom is 0.193 e. The van der Waals surface area contributed by atoms with E-state index >= 15 is 0 Å². The summed E-state index contributed by atoms with van der Waals surface area (Å²) in [4.78, 5) is 10.9. The van der Waals surface area contributed by atoms with E-state index in [4.69, 9.17) is 4.74 Å². The minimum Gasteiger partial charge on any atom is -0.498 e. The molecule has 1 heterocycles. The fraction of sp³-hybridized carbons (Fsp3) is 0.571. The van der Waals surface area contributed by atoms with Gasteiger partial charge in [-0.25, -0.2) is 0 Å². The predicted octanol–water partition coefficient (Wildman–Crippen LogP) is 0.240. The Hall–Kier alpha value is -0.830. The molecule has 0 aromatic carbocycles. The monoisotopic (exact) mass is 142 g/mol. The second kappa shape index (κ2) is 2.42. The van der Waals surface area contributed by atoms with Crippen molar-refractivity contribution in [1.29, 1.82) is 0 Å². The Balaban J connectivity index is 2.77. The first-order valence-corrected chi connectivity index (χ1v) is 3.24. The van der Waals surface area contributed by atoms with Crippen LogP contribution in [0.15, 0.2) is 12.3 Å². The number of carbonyl (C=O) groups excluding carboxylic acids is 1. The van der Waals surface area contributed by atoms with E-state index in [9.17, 15) is 9.90 Å². The first-order valence-electron chi connectivity index (χ1n) is 3.24. The highest BCUT2D eigenvalue weighted by Gasteiger charge is 2.34. The van der Waals surface area contributed by atoms with E-state index in [0.717, 1.165) is 0 Å². The largest absolute Gasteiger partial charge is 0.498 e. The van der Waals surface area contributed by atoms with Crippen LogP contribution in [0.5, 0.6) is 0 Å². The van der Waals surface area contributed by atoms with Gasteiger partial charge in [-0.2, -0.15) is 0 Å². The molecule has 0 aromatic heterocycles. The SMILES string of the molecule is CCC1(O)COC=CC1=O.